The smallest absolute Gasteiger partial charge is 0.339 e. The number of pyridine rings is 1. The Bertz CT molecular complexity index is 756. The summed E-state index contributed by atoms with van der Waals surface area (Å²) in [6, 6.07) is 9.09. The fraction of sp³-hybridized carbons (Fsp3) is 0.0714. The van der Waals surface area contributed by atoms with Gasteiger partial charge >= 0.3 is 5.97 Å². The van der Waals surface area contributed by atoms with Crippen molar-refractivity contribution < 1.29 is 9.90 Å². The monoisotopic (exact) mass is 285 g/mol. The highest BCUT2D eigenvalue weighted by molar-refractivity contribution is 7.09. The first kappa shape index (κ1) is 12.6. The van der Waals surface area contributed by atoms with Gasteiger partial charge in [0.15, 0.2) is 0 Å². The maximum Gasteiger partial charge on any atom is 0.339 e. The minimum atomic E-state index is -0.991. The lowest BCUT2D eigenvalue weighted by Gasteiger charge is -2.09. The van der Waals surface area contributed by atoms with Gasteiger partial charge in [-0.15, -0.1) is 11.3 Å². The first-order chi connectivity index (χ1) is 9.74. The number of carbonyl (C=O) groups is 1. The van der Waals surface area contributed by atoms with Crippen LogP contribution in [0.4, 0.5) is 5.82 Å². The van der Waals surface area contributed by atoms with Crippen molar-refractivity contribution >= 4 is 34.0 Å². The Hall–Kier alpha value is -2.47. The highest BCUT2D eigenvalue weighted by Gasteiger charge is 2.13. The van der Waals surface area contributed by atoms with E-state index in [1.807, 2.05) is 24.3 Å². The Morgan fingerprint density at radius 3 is 2.95 bits per heavy atom. The van der Waals surface area contributed by atoms with Crippen LogP contribution in [0.1, 0.15) is 15.2 Å². The molecule has 2 aromatic heterocycles. The van der Waals surface area contributed by atoms with Crippen LogP contribution in [-0.4, -0.2) is 21.0 Å². The largest absolute Gasteiger partial charge is 0.478 e. The number of benzene rings is 1. The molecule has 0 saturated carbocycles. The second kappa shape index (κ2) is 5.26. The lowest BCUT2D eigenvalue weighted by molar-refractivity contribution is 0.0697. The summed E-state index contributed by atoms with van der Waals surface area (Å²) >= 11 is 1.51. The molecule has 0 atom stereocenters. The third-order valence-electron chi connectivity index (χ3n) is 2.87. The van der Waals surface area contributed by atoms with Crippen LogP contribution in [-0.2, 0) is 6.54 Å². The van der Waals surface area contributed by atoms with Crippen molar-refractivity contribution in [1.82, 2.24) is 9.97 Å². The van der Waals surface area contributed by atoms with Crippen LogP contribution in [0.2, 0.25) is 0 Å². The van der Waals surface area contributed by atoms with E-state index in [1.54, 1.807) is 17.8 Å². The summed E-state index contributed by atoms with van der Waals surface area (Å²) in [5.41, 5.74) is 2.68. The predicted molar refractivity (Wildman–Crippen MR) is 78.1 cm³/mol. The number of hydrogen-bond donors (Lipinski definition) is 2. The number of nitrogens with one attached hydrogen (secondary N) is 1. The molecule has 0 radical (unpaired) electrons. The fourth-order valence-corrected chi connectivity index (χ4v) is 2.45. The average Bonchev–Trinajstić information content (AvgIpc) is 2.97. The second-order valence-corrected chi connectivity index (χ2v) is 5.17. The summed E-state index contributed by atoms with van der Waals surface area (Å²) in [5.74, 6) is -0.611. The third kappa shape index (κ3) is 2.46. The molecule has 0 aliphatic heterocycles. The van der Waals surface area contributed by atoms with E-state index < -0.39 is 5.97 Å². The van der Waals surface area contributed by atoms with Crippen molar-refractivity contribution in [1.29, 1.82) is 0 Å². The summed E-state index contributed by atoms with van der Waals surface area (Å²) in [6.07, 6.45) is 1.75. The Morgan fingerprint density at radius 1 is 1.35 bits per heavy atom. The van der Waals surface area contributed by atoms with E-state index in [0.29, 0.717) is 12.4 Å². The molecule has 2 heterocycles. The summed E-state index contributed by atoms with van der Waals surface area (Å²) in [5, 5.41) is 13.2. The number of carboxylic acids is 1. The first-order valence-electron chi connectivity index (χ1n) is 5.98. The van der Waals surface area contributed by atoms with Gasteiger partial charge in [0.05, 0.1) is 17.6 Å². The number of rotatable bonds is 4. The highest BCUT2D eigenvalue weighted by atomic mass is 32.1. The molecule has 100 valence electrons. The Morgan fingerprint density at radius 2 is 2.20 bits per heavy atom. The molecule has 0 unspecified atom stereocenters. The minimum Gasteiger partial charge on any atom is -0.478 e. The minimum absolute atomic E-state index is 0.174. The summed E-state index contributed by atoms with van der Waals surface area (Å²) in [6.45, 7) is 0.510. The van der Waals surface area contributed by atoms with Gasteiger partial charge < -0.3 is 10.4 Å². The molecule has 0 saturated heterocycles. The van der Waals surface area contributed by atoms with Crippen molar-refractivity contribution in [3.8, 4) is 0 Å². The van der Waals surface area contributed by atoms with Crippen LogP contribution in [0.25, 0.3) is 10.9 Å². The van der Waals surface area contributed by atoms with Crippen LogP contribution >= 0.6 is 11.3 Å². The molecule has 0 fully saturated rings. The molecule has 1 aromatic carbocycles. The molecular formula is C14H11N3O2S. The van der Waals surface area contributed by atoms with Crippen LogP contribution in [0, 0.1) is 0 Å². The Kier molecular flexibility index (Phi) is 3.30. The first-order valence-corrected chi connectivity index (χ1v) is 6.86. The summed E-state index contributed by atoms with van der Waals surface area (Å²) < 4.78 is 0. The van der Waals surface area contributed by atoms with E-state index in [-0.39, 0.29) is 5.56 Å². The maximum absolute atomic E-state index is 11.3. The molecule has 0 aliphatic rings. The second-order valence-electron chi connectivity index (χ2n) is 4.20. The molecule has 20 heavy (non-hydrogen) atoms. The number of hydrogen-bond acceptors (Lipinski definition) is 5. The molecule has 0 aliphatic carbocycles. The van der Waals surface area contributed by atoms with Gasteiger partial charge in [-0.25, -0.2) is 9.78 Å². The zero-order valence-electron chi connectivity index (χ0n) is 10.4. The lowest BCUT2D eigenvalue weighted by atomic mass is 10.1. The molecule has 2 N–H and O–H groups in total. The molecule has 0 amide bonds. The zero-order chi connectivity index (χ0) is 13.9. The van der Waals surface area contributed by atoms with Gasteiger partial charge in [-0.2, -0.15) is 0 Å². The molecular weight excluding hydrogens is 274 g/mol. The van der Waals surface area contributed by atoms with Crippen molar-refractivity contribution in [2.24, 2.45) is 0 Å². The lowest BCUT2D eigenvalue weighted by Crippen LogP contribution is -2.08. The Balaban J connectivity index is 1.98. The number of anilines is 1. The van der Waals surface area contributed by atoms with Crippen LogP contribution in [0.5, 0.6) is 0 Å². The Labute approximate surface area is 118 Å². The predicted octanol–water partition coefficient (Wildman–Crippen LogP) is 3.00. The van der Waals surface area contributed by atoms with E-state index in [0.717, 1.165) is 15.8 Å². The number of nitrogens with zero attached hydrogens (tertiary/aromatic N) is 2. The topological polar surface area (TPSA) is 75.1 Å². The fourth-order valence-electron chi connectivity index (χ4n) is 1.91. The van der Waals surface area contributed by atoms with Gasteiger partial charge in [0.2, 0.25) is 0 Å². The molecule has 6 heteroatoms. The molecule has 5 nitrogen and oxygen atoms in total. The van der Waals surface area contributed by atoms with Gasteiger partial charge in [-0.1, -0.05) is 18.2 Å². The molecule has 3 rings (SSSR count). The number of carboxylic acid groups (broad SMARTS) is 1. The van der Waals surface area contributed by atoms with Gasteiger partial charge in [0, 0.05) is 16.5 Å². The molecule has 3 aromatic rings. The van der Waals surface area contributed by atoms with Crippen LogP contribution < -0.4 is 5.32 Å². The number of thiazole rings is 1. The van der Waals surface area contributed by atoms with Crippen LogP contribution in [0.3, 0.4) is 0 Å². The number of fused-ring (bicyclic) bond motifs is 1. The normalized spacial score (nSPS) is 10.6. The van der Waals surface area contributed by atoms with E-state index in [4.69, 9.17) is 0 Å². The number of aromatic carboxylic acids is 1. The van der Waals surface area contributed by atoms with Crippen molar-refractivity contribution in [2.75, 3.05) is 5.32 Å². The highest BCUT2D eigenvalue weighted by Crippen LogP contribution is 2.21. The van der Waals surface area contributed by atoms with Crippen molar-refractivity contribution in [2.45, 2.75) is 6.54 Å². The van der Waals surface area contributed by atoms with Gasteiger partial charge in [0.1, 0.15) is 11.4 Å². The zero-order valence-corrected chi connectivity index (χ0v) is 11.2. The molecule has 0 spiro atoms. The maximum atomic E-state index is 11.3. The third-order valence-corrected chi connectivity index (χ3v) is 3.65. The summed E-state index contributed by atoms with van der Waals surface area (Å²) in [7, 11) is 0. The van der Waals surface area contributed by atoms with E-state index >= 15 is 0 Å². The average molecular weight is 285 g/mol. The van der Waals surface area contributed by atoms with Crippen molar-refractivity contribution in [3.05, 3.63) is 52.5 Å². The molecule has 0 bridgehead atoms. The van der Waals surface area contributed by atoms with Gasteiger partial charge in [-0.05, 0) is 12.1 Å². The van der Waals surface area contributed by atoms with E-state index in [2.05, 4.69) is 15.3 Å². The number of aromatic nitrogens is 2. The SMILES string of the molecule is O=C(O)c1cc2ccccc2nc1NCc1cncs1. The van der Waals surface area contributed by atoms with Crippen molar-refractivity contribution in [3.63, 3.8) is 0 Å². The van der Waals surface area contributed by atoms with E-state index in [1.165, 1.54) is 11.3 Å². The van der Waals surface area contributed by atoms with Gasteiger partial charge in [-0.3, -0.25) is 4.98 Å². The standard InChI is InChI=1S/C14H11N3O2S/c18-14(19)11-5-9-3-1-2-4-12(9)17-13(11)16-7-10-6-15-8-20-10/h1-6,8H,7H2,(H,16,17)(H,18,19). The van der Waals surface area contributed by atoms with Crippen LogP contribution in [0.15, 0.2) is 42.0 Å². The summed E-state index contributed by atoms with van der Waals surface area (Å²) in [4.78, 5) is 20.7. The quantitative estimate of drug-likeness (QED) is 0.770. The van der Waals surface area contributed by atoms with Gasteiger partial charge in [0.25, 0.3) is 0 Å². The van der Waals surface area contributed by atoms with E-state index in [9.17, 15) is 9.90 Å². The number of para-hydroxylation sites is 1.